The smallest absolute Gasteiger partial charge is 0.151 e. The second-order valence-electron chi connectivity index (χ2n) is 4.25. The molecule has 2 aromatic rings. The van der Waals surface area contributed by atoms with Gasteiger partial charge in [0.05, 0.1) is 0 Å². The number of nitrogens with one attached hydrogen (secondary N) is 1. The van der Waals surface area contributed by atoms with E-state index in [2.05, 4.69) is 17.2 Å². The molecule has 2 rings (SSSR count). The molecule has 0 aliphatic rings. The van der Waals surface area contributed by atoms with Gasteiger partial charge in [0.2, 0.25) is 0 Å². The lowest BCUT2D eigenvalue weighted by Gasteiger charge is -2.03. The number of nitrogens with two attached hydrogens (primary N) is 1. The van der Waals surface area contributed by atoms with Crippen molar-refractivity contribution in [1.29, 1.82) is 0 Å². The van der Waals surface area contributed by atoms with E-state index in [4.69, 9.17) is 5.73 Å². The van der Waals surface area contributed by atoms with Crippen LogP contribution in [0.2, 0.25) is 0 Å². The highest BCUT2D eigenvalue weighted by Gasteiger charge is 1.96. The molecule has 20 heavy (non-hydrogen) atoms. The van der Waals surface area contributed by atoms with Gasteiger partial charge in [0.25, 0.3) is 0 Å². The van der Waals surface area contributed by atoms with Gasteiger partial charge in [-0.25, -0.2) is 0 Å². The number of hydrogen-bond acceptors (Lipinski definition) is 3. The highest BCUT2D eigenvalue weighted by atomic mass is 16.1. The standard InChI is InChI=1S/C17H16N2O/c18-11-12-19-17-9-6-14(7-10-17)5-8-15-3-1-2-4-16(15)13-20/h1-4,6-7,9-10,13,19H,11-12,18H2. The fourth-order valence-electron chi connectivity index (χ4n) is 1.74. The number of anilines is 1. The number of carbonyl (C=O) groups excluding carboxylic acids is 1. The lowest BCUT2D eigenvalue weighted by Crippen LogP contribution is -2.12. The van der Waals surface area contributed by atoms with Gasteiger partial charge in [0, 0.05) is 35.5 Å². The van der Waals surface area contributed by atoms with Crippen molar-refractivity contribution in [3.05, 3.63) is 65.2 Å². The quantitative estimate of drug-likeness (QED) is 0.658. The van der Waals surface area contributed by atoms with E-state index in [1.54, 1.807) is 6.07 Å². The SMILES string of the molecule is NCCNc1ccc(C#Cc2ccccc2C=O)cc1. The van der Waals surface area contributed by atoms with E-state index in [1.807, 2.05) is 42.5 Å². The van der Waals surface area contributed by atoms with Crippen molar-refractivity contribution in [3.8, 4) is 11.8 Å². The van der Waals surface area contributed by atoms with E-state index in [9.17, 15) is 4.79 Å². The second kappa shape index (κ2) is 7.13. The van der Waals surface area contributed by atoms with Crippen LogP contribution in [0.1, 0.15) is 21.5 Å². The topological polar surface area (TPSA) is 55.1 Å². The van der Waals surface area contributed by atoms with Crippen LogP contribution in [-0.4, -0.2) is 19.4 Å². The largest absolute Gasteiger partial charge is 0.384 e. The summed E-state index contributed by atoms with van der Waals surface area (Å²) in [4.78, 5) is 10.9. The van der Waals surface area contributed by atoms with Crippen molar-refractivity contribution in [2.24, 2.45) is 5.73 Å². The Hall–Kier alpha value is -2.57. The molecule has 0 saturated heterocycles. The molecule has 0 unspecified atom stereocenters. The average molecular weight is 264 g/mol. The van der Waals surface area contributed by atoms with Gasteiger partial charge < -0.3 is 11.1 Å². The molecule has 3 N–H and O–H groups in total. The Labute approximate surface area is 118 Å². The van der Waals surface area contributed by atoms with Crippen LogP contribution in [-0.2, 0) is 0 Å². The van der Waals surface area contributed by atoms with E-state index in [-0.39, 0.29) is 0 Å². The van der Waals surface area contributed by atoms with Crippen LogP contribution in [0.25, 0.3) is 0 Å². The predicted octanol–water partition coefficient (Wildman–Crippen LogP) is 2.27. The Morgan fingerprint density at radius 3 is 2.50 bits per heavy atom. The van der Waals surface area contributed by atoms with E-state index in [0.29, 0.717) is 12.1 Å². The van der Waals surface area contributed by atoms with Crippen LogP contribution in [0.3, 0.4) is 0 Å². The maximum absolute atomic E-state index is 10.9. The summed E-state index contributed by atoms with van der Waals surface area (Å²) in [7, 11) is 0. The van der Waals surface area contributed by atoms with E-state index < -0.39 is 0 Å². The Balaban J connectivity index is 2.14. The van der Waals surface area contributed by atoms with Gasteiger partial charge in [0.1, 0.15) is 0 Å². The third-order valence-electron chi connectivity index (χ3n) is 2.79. The van der Waals surface area contributed by atoms with Gasteiger partial charge in [-0.15, -0.1) is 0 Å². The molecule has 0 fully saturated rings. The van der Waals surface area contributed by atoms with E-state index >= 15 is 0 Å². The van der Waals surface area contributed by atoms with Crippen LogP contribution < -0.4 is 11.1 Å². The molecular weight excluding hydrogens is 248 g/mol. The summed E-state index contributed by atoms with van der Waals surface area (Å²) in [5.74, 6) is 6.08. The summed E-state index contributed by atoms with van der Waals surface area (Å²) >= 11 is 0. The number of aldehydes is 1. The van der Waals surface area contributed by atoms with Gasteiger partial charge in [-0.05, 0) is 30.3 Å². The summed E-state index contributed by atoms with van der Waals surface area (Å²) in [6.45, 7) is 1.35. The van der Waals surface area contributed by atoms with E-state index in [1.165, 1.54) is 0 Å². The molecule has 0 radical (unpaired) electrons. The van der Waals surface area contributed by atoms with Gasteiger partial charge in [-0.1, -0.05) is 30.0 Å². The molecule has 0 heterocycles. The zero-order valence-electron chi connectivity index (χ0n) is 11.1. The number of carbonyl (C=O) groups is 1. The van der Waals surface area contributed by atoms with Crippen molar-refractivity contribution < 1.29 is 4.79 Å². The first kappa shape index (κ1) is 13.9. The first-order valence-electron chi connectivity index (χ1n) is 6.43. The summed E-state index contributed by atoms with van der Waals surface area (Å²) in [5, 5.41) is 3.19. The summed E-state index contributed by atoms with van der Waals surface area (Å²) in [6, 6.07) is 15.1. The molecule has 0 aliphatic heterocycles. The maximum Gasteiger partial charge on any atom is 0.151 e. The van der Waals surface area contributed by atoms with Crippen molar-refractivity contribution in [3.63, 3.8) is 0 Å². The third-order valence-corrected chi connectivity index (χ3v) is 2.79. The average Bonchev–Trinajstić information content (AvgIpc) is 2.52. The predicted molar refractivity (Wildman–Crippen MR) is 81.8 cm³/mol. The molecular formula is C17H16N2O. The van der Waals surface area contributed by atoms with Crippen molar-refractivity contribution in [2.45, 2.75) is 0 Å². The molecule has 2 aromatic carbocycles. The lowest BCUT2D eigenvalue weighted by atomic mass is 10.1. The van der Waals surface area contributed by atoms with E-state index in [0.717, 1.165) is 29.6 Å². The van der Waals surface area contributed by atoms with Gasteiger partial charge in [-0.2, -0.15) is 0 Å². The van der Waals surface area contributed by atoms with Gasteiger partial charge in [0.15, 0.2) is 6.29 Å². The highest BCUT2D eigenvalue weighted by molar-refractivity contribution is 5.79. The van der Waals surface area contributed by atoms with Crippen molar-refractivity contribution >= 4 is 12.0 Å². The molecule has 0 bridgehead atoms. The zero-order valence-corrected chi connectivity index (χ0v) is 11.1. The molecule has 3 nitrogen and oxygen atoms in total. The Morgan fingerprint density at radius 2 is 1.80 bits per heavy atom. The van der Waals surface area contributed by atoms with Crippen LogP contribution in [0.5, 0.6) is 0 Å². The van der Waals surface area contributed by atoms with Gasteiger partial charge >= 0.3 is 0 Å². The Bertz CT molecular complexity index is 636. The molecule has 3 heteroatoms. The fourth-order valence-corrected chi connectivity index (χ4v) is 1.74. The number of hydrogen-bond donors (Lipinski definition) is 2. The lowest BCUT2D eigenvalue weighted by molar-refractivity contribution is 0.112. The first-order valence-corrected chi connectivity index (χ1v) is 6.43. The van der Waals surface area contributed by atoms with Crippen LogP contribution in [0.15, 0.2) is 48.5 Å². The van der Waals surface area contributed by atoms with Gasteiger partial charge in [-0.3, -0.25) is 4.79 Å². The molecule has 0 amide bonds. The number of rotatable bonds is 4. The highest BCUT2D eigenvalue weighted by Crippen LogP contribution is 2.09. The van der Waals surface area contributed by atoms with Crippen LogP contribution >= 0.6 is 0 Å². The molecule has 0 aromatic heterocycles. The zero-order chi connectivity index (χ0) is 14.2. The minimum atomic E-state index is 0.601. The molecule has 0 atom stereocenters. The summed E-state index contributed by atoms with van der Waals surface area (Å²) < 4.78 is 0. The van der Waals surface area contributed by atoms with Crippen molar-refractivity contribution in [2.75, 3.05) is 18.4 Å². The van der Waals surface area contributed by atoms with Crippen molar-refractivity contribution in [1.82, 2.24) is 0 Å². The minimum Gasteiger partial charge on any atom is -0.384 e. The Kier molecular flexibility index (Phi) is 4.94. The minimum absolute atomic E-state index is 0.601. The third kappa shape index (κ3) is 3.71. The van der Waals surface area contributed by atoms with Crippen LogP contribution in [0.4, 0.5) is 5.69 Å². The number of benzene rings is 2. The maximum atomic E-state index is 10.9. The Morgan fingerprint density at radius 1 is 1.05 bits per heavy atom. The normalized spacial score (nSPS) is 9.45. The summed E-state index contributed by atoms with van der Waals surface area (Å²) in [5.41, 5.74) is 8.72. The molecule has 0 saturated carbocycles. The molecule has 0 aliphatic carbocycles. The van der Waals surface area contributed by atoms with Crippen LogP contribution in [0, 0.1) is 11.8 Å². The molecule has 0 spiro atoms. The monoisotopic (exact) mass is 264 g/mol. The first-order chi connectivity index (χ1) is 9.83. The summed E-state index contributed by atoms with van der Waals surface area (Å²) in [6.07, 6.45) is 0.823. The fraction of sp³-hybridized carbons (Fsp3) is 0.118. The second-order valence-corrected chi connectivity index (χ2v) is 4.25. The molecule has 100 valence electrons.